The van der Waals surface area contributed by atoms with Gasteiger partial charge in [0.1, 0.15) is 23.0 Å². The summed E-state index contributed by atoms with van der Waals surface area (Å²) in [6.07, 6.45) is -0.491. The minimum Gasteiger partial charge on any atom is -0.410 e. The van der Waals surface area contributed by atoms with Gasteiger partial charge in [-0.05, 0) is 76.2 Å². The summed E-state index contributed by atoms with van der Waals surface area (Å²) in [6.45, 7) is 7.87. The molecule has 0 bridgehead atoms. The lowest BCUT2D eigenvalue weighted by molar-refractivity contribution is 0.386. The van der Waals surface area contributed by atoms with Gasteiger partial charge < -0.3 is 18.9 Å². The lowest BCUT2D eigenvalue weighted by Crippen LogP contribution is -2.20. The molecule has 0 aliphatic carbocycles. The van der Waals surface area contributed by atoms with Gasteiger partial charge in [-0.2, -0.15) is 0 Å². The maximum Gasteiger partial charge on any atom is 0.410 e. The molecule has 0 radical (unpaired) electrons. The van der Waals surface area contributed by atoms with Crippen molar-refractivity contribution in [1.29, 1.82) is 0 Å². The molecule has 0 saturated heterocycles. The molecule has 4 rings (SSSR count). The Morgan fingerprint density at radius 2 is 0.658 bits per heavy atom. The van der Waals surface area contributed by atoms with Crippen LogP contribution in [0.5, 0.6) is 23.0 Å². The highest BCUT2D eigenvalue weighted by Gasteiger charge is 2.14. The summed E-state index contributed by atoms with van der Waals surface area (Å²) >= 11 is -2.22. The van der Waals surface area contributed by atoms with Gasteiger partial charge in [-0.15, -0.1) is 0 Å². The van der Waals surface area contributed by atoms with Crippen molar-refractivity contribution in [2.45, 2.75) is 27.7 Å². The van der Waals surface area contributed by atoms with Crippen molar-refractivity contribution in [3.05, 3.63) is 119 Å². The van der Waals surface area contributed by atoms with E-state index in [0.29, 0.717) is 23.0 Å². The Balaban J connectivity index is 1.62. The second-order valence-electron chi connectivity index (χ2n) is 8.61. The largest absolute Gasteiger partial charge is 0.410 e. The summed E-state index contributed by atoms with van der Waals surface area (Å²) in [6, 6.07) is 29.2. The van der Waals surface area contributed by atoms with Crippen molar-refractivity contribution in [3.63, 3.8) is 0 Å². The average molecular weight is 529 g/mol. The van der Waals surface area contributed by atoms with E-state index in [1.54, 1.807) is 48.5 Å². The van der Waals surface area contributed by atoms with E-state index < -0.39 is 11.2 Å². The van der Waals surface area contributed by atoms with E-state index in [0.717, 1.165) is 22.3 Å². The van der Waals surface area contributed by atoms with E-state index in [4.69, 9.17) is 18.9 Å². The molecule has 4 aromatic carbocycles. The SMILES string of the molecule is Cc1ccc(OC(=NS(=O)N=C(Oc2ccc(C)cc2)Oc2ccc(C)cc2)Oc2ccc(C)cc2)cc1. The van der Waals surface area contributed by atoms with Crippen LogP contribution in [0.15, 0.2) is 106 Å². The number of nitrogens with zero attached hydrogens (tertiary/aromatic N) is 2. The molecule has 8 heteroatoms. The Morgan fingerprint density at radius 1 is 0.447 bits per heavy atom. The Labute approximate surface area is 225 Å². The highest BCUT2D eigenvalue weighted by molar-refractivity contribution is 7.82. The van der Waals surface area contributed by atoms with Gasteiger partial charge in [-0.25, -0.2) is 4.21 Å². The van der Waals surface area contributed by atoms with Gasteiger partial charge in [0.05, 0.1) is 0 Å². The summed E-state index contributed by atoms with van der Waals surface area (Å²) in [7, 11) is 0. The lowest BCUT2D eigenvalue weighted by atomic mass is 10.2. The summed E-state index contributed by atoms with van der Waals surface area (Å²) in [5.74, 6) is 1.87. The molecule has 38 heavy (non-hydrogen) atoms. The normalized spacial score (nSPS) is 10.4. The van der Waals surface area contributed by atoms with Crippen molar-refractivity contribution in [2.24, 2.45) is 8.80 Å². The molecule has 0 N–H and O–H groups in total. The van der Waals surface area contributed by atoms with E-state index in [9.17, 15) is 4.21 Å². The van der Waals surface area contributed by atoms with Crippen LogP contribution < -0.4 is 18.9 Å². The predicted molar refractivity (Wildman–Crippen MR) is 150 cm³/mol. The van der Waals surface area contributed by atoms with Crippen molar-refractivity contribution < 1.29 is 23.2 Å². The summed E-state index contributed by atoms with van der Waals surface area (Å²) in [5, 5.41) is 0. The second kappa shape index (κ2) is 12.7. The molecule has 0 aromatic heterocycles. The van der Waals surface area contributed by atoms with Gasteiger partial charge in [0.25, 0.3) is 11.2 Å². The Bertz CT molecular complexity index is 1220. The number of benzene rings is 4. The van der Waals surface area contributed by atoms with Crippen LogP contribution in [-0.4, -0.2) is 16.4 Å². The zero-order chi connectivity index (χ0) is 26.9. The van der Waals surface area contributed by atoms with Gasteiger partial charge in [0.2, 0.25) is 0 Å². The summed E-state index contributed by atoms with van der Waals surface area (Å²) < 4.78 is 44.4. The molecule has 0 fully saturated rings. The van der Waals surface area contributed by atoms with Crippen LogP contribution in [0.1, 0.15) is 22.3 Å². The number of hydrogen-bond donors (Lipinski definition) is 0. The van der Waals surface area contributed by atoms with Crippen molar-refractivity contribution in [3.8, 4) is 23.0 Å². The third kappa shape index (κ3) is 8.31. The predicted octanol–water partition coefficient (Wildman–Crippen LogP) is 6.83. The van der Waals surface area contributed by atoms with E-state index in [-0.39, 0.29) is 12.2 Å². The van der Waals surface area contributed by atoms with Gasteiger partial charge in [0, 0.05) is 0 Å². The number of ether oxygens (including phenoxy) is 4. The quantitative estimate of drug-likeness (QED) is 0.203. The molecule has 0 amide bonds. The Kier molecular flexibility index (Phi) is 8.89. The molecule has 0 saturated carbocycles. The second-order valence-corrected chi connectivity index (χ2v) is 9.43. The van der Waals surface area contributed by atoms with Gasteiger partial charge >= 0.3 is 12.2 Å². The highest BCUT2D eigenvalue weighted by Crippen LogP contribution is 2.18. The van der Waals surface area contributed by atoms with Gasteiger partial charge in [0.15, 0.2) is 0 Å². The smallest absolute Gasteiger partial charge is 0.410 e. The minimum absolute atomic E-state index is 0.246. The van der Waals surface area contributed by atoms with E-state index in [2.05, 4.69) is 8.80 Å². The summed E-state index contributed by atoms with van der Waals surface area (Å²) in [5.41, 5.74) is 4.26. The van der Waals surface area contributed by atoms with E-state index in [1.165, 1.54) is 0 Å². The molecule has 0 heterocycles. The third-order valence-electron chi connectivity index (χ3n) is 5.21. The molecular weight excluding hydrogens is 500 g/mol. The maximum atomic E-state index is 13.1. The molecule has 0 spiro atoms. The van der Waals surface area contributed by atoms with E-state index >= 15 is 0 Å². The first-order valence-corrected chi connectivity index (χ1v) is 13.0. The molecule has 0 atom stereocenters. The highest BCUT2D eigenvalue weighted by atomic mass is 32.2. The van der Waals surface area contributed by atoms with Crippen molar-refractivity contribution in [1.82, 2.24) is 0 Å². The first kappa shape index (κ1) is 26.6. The monoisotopic (exact) mass is 528 g/mol. The topological polar surface area (TPSA) is 78.7 Å². The van der Waals surface area contributed by atoms with Crippen LogP contribution in [0, 0.1) is 27.7 Å². The Hall–Kier alpha value is -4.43. The van der Waals surface area contributed by atoms with E-state index in [1.807, 2.05) is 76.2 Å². The van der Waals surface area contributed by atoms with Crippen molar-refractivity contribution >= 4 is 23.3 Å². The zero-order valence-electron chi connectivity index (χ0n) is 21.6. The summed E-state index contributed by atoms with van der Waals surface area (Å²) in [4.78, 5) is 0. The number of rotatable bonds is 6. The molecule has 0 unspecified atom stereocenters. The minimum atomic E-state index is -2.22. The lowest BCUT2D eigenvalue weighted by Gasteiger charge is -2.11. The third-order valence-corrected chi connectivity index (χ3v) is 5.82. The zero-order valence-corrected chi connectivity index (χ0v) is 22.4. The molecule has 7 nitrogen and oxygen atoms in total. The molecule has 0 aliphatic heterocycles. The van der Waals surface area contributed by atoms with Gasteiger partial charge in [-0.3, -0.25) is 0 Å². The molecule has 0 aliphatic rings. The fourth-order valence-corrected chi connectivity index (χ4v) is 3.54. The van der Waals surface area contributed by atoms with Crippen LogP contribution in [0.2, 0.25) is 0 Å². The fraction of sp³-hybridized carbons (Fsp3) is 0.133. The number of aryl methyl sites for hydroxylation is 4. The maximum absolute atomic E-state index is 13.1. The fourth-order valence-electron chi connectivity index (χ4n) is 3.09. The van der Waals surface area contributed by atoms with Gasteiger partial charge in [-0.1, -0.05) is 79.6 Å². The first-order chi connectivity index (χ1) is 18.3. The number of hydrogen-bond acceptors (Lipinski definition) is 5. The van der Waals surface area contributed by atoms with Crippen LogP contribution in [0.25, 0.3) is 0 Å². The van der Waals surface area contributed by atoms with Crippen LogP contribution in [-0.2, 0) is 11.2 Å². The molecular formula is C30H28N2O5S. The standard InChI is InChI=1S/C30H28N2O5S/c1-21-5-13-25(14-6-21)34-29(35-26-15-7-22(2)8-16-26)31-38(33)32-30(36-27-17-9-23(3)10-18-27)37-28-19-11-24(4)12-20-28/h5-20H,1-4H3. The molecule has 4 aromatic rings. The average Bonchev–Trinajstić information content (AvgIpc) is 2.89. The van der Waals surface area contributed by atoms with Crippen LogP contribution >= 0.6 is 0 Å². The Morgan fingerprint density at radius 3 is 0.868 bits per heavy atom. The first-order valence-electron chi connectivity index (χ1n) is 11.9. The van der Waals surface area contributed by atoms with Crippen LogP contribution in [0.4, 0.5) is 0 Å². The molecule has 194 valence electrons. The van der Waals surface area contributed by atoms with Crippen molar-refractivity contribution in [2.75, 3.05) is 0 Å². The van der Waals surface area contributed by atoms with Crippen LogP contribution in [0.3, 0.4) is 0 Å².